The summed E-state index contributed by atoms with van der Waals surface area (Å²) in [7, 11) is 2.00. The molecule has 1 aliphatic carbocycles. The van der Waals surface area contributed by atoms with E-state index in [-0.39, 0.29) is 17.7 Å². The first-order chi connectivity index (χ1) is 13.5. The fraction of sp³-hybridized carbons (Fsp3) is 0.333. The van der Waals surface area contributed by atoms with Gasteiger partial charge in [-0.05, 0) is 55.5 Å². The predicted molar refractivity (Wildman–Crippen MR) is 112 cm³/mol. The zero-order chi connectivity index (χ0) is 19.7. The second kappa shape index (κ2) is 7.63. The molecule has 4 heteroatoms. The number of aryl methyl sites for hydroxylation is 1. The number of carbonyl (C=O) groups is 2. The molecule has 1 fully saturated rings. The van der Waals surface area contributed by atoms with E-state index in [2.05, 4.69) is 17.4 Å². The average molecular weight is 374 g/mol. The van der Waals surface area contributed by atoms with Crippen LogP contribution in [0.5, 0.6) is 0 Å². The lowest BCUT2D eigenvalue weighted by Gasteiger charge is -2.15. The van der Waals surface area contributed by atoms with Gasteiger partial charge in [-0.3, -0.25) is 9.59 Å². The summed E-state index contributed by atoms with van der Waals surface area (Å²) >= 11 is 0. The van der Waals surface area contributed by atoms with Gasteiger partial charge in [-0.15, -0.1) is 0 Å². The molecular formula is C24H26N2O2. The average Bonchev–Trinajstić information content (AvgIpc) is 3.28. The fourth-order valence-electron chi connectivity index (χ4n) is 4.13. The third kappa shape index (κ3) is 3.59. The molecule has 3 aromatic rings. The van der Waals surface area contributed by atoms with E-state index in [9.17, 15) is 9.59 Å². The lowest BCUT2D eigenvalue weighted by Crippen LogP contribution is -2.19. The molecule has 0 radical (unpaired) electrons. The summed E-state index contributed by atoms with van der Waals surface area (Å²) in [6, 6.07) is 16.1. The molecule has 144 valence electrons. The summed E-state index contributed by atoms with van der Waals surface area (Å²) in [6.45, 7) is 1.93. The van der Waals surface area contributed by atoms with Crippen molar-refractivity contribution in [3.63, 3.8) is 0 Å². The van der Waals surface area contributed by atoms with Gasteiger partial charge in [0.25, 0.3) is 0 Å². The van der Waals surface area contributed by atoms with Gasteiger partial charge in [0.1, 0.15) is 5.78 Å². The van der Waals surface area contributed by atoms with Gasteiger partial charge in [0.2, 0.25) is 5.91 Å². The number of hydrogen-bond donors (Lipinski definition) is 1. The Morgan fingerprint density at radius 3 is 2.68 bits per heavy atom. The van der Waals surface area contributed by atoms with Crippen LogP contribution in [0.3, 0.4) is 0 Å². The fourth-order valence-corrected chi connectivity index (χ4v) is 4.13. The molecule has 1 N–H and O–H groups in total. The van der Waals surface area contributed by atoms with E-state index in [0.29, 0.717) is 5.78 Å². The summed E-state index contributed by atoms with van der Waals surface area (Å²) in [6.07, 6.45) is 5.57. The molecule has 4 nitrogen and oxygen atoms in total. The van der Waals surface area contributed by atoms with Gasteiger partial charge in [-0.2, -0.15) is 0 Å². The number of fused-ring (bicyclic) bond motifs is 1. The number of anilines is 1. The third-order valence-electron chi connectivity index (χ3n) is 5.97. The number of rotatable bonds is 5. The van der Waals surface area contributed by atoms with Crippen LogP contribution >= 0.6 is 0 Å². The molecule has 28 heavy (non-hydrogen) atoms. The molecule has 1 saturated carbocycles. The molecule has 0 aliphatic heterocycles. The molecule has 1 aliphatic rings. The normalized spacial score (nSPS) is 17.8. The van der Waals surface area contributed by atoms with Gasteiger partial charge in [0, 0.05) is 36.5 Å². The Labute approximate surface area is 165 Å². The first-order valence-electron chi connectivity index (χ1n) is 9.99. The van der Waals surface area contributed by atoms with Crippen LogP contribution in [0.25, 0.3) is 10.9 Å². The molecule has 1 aromatic heterocycles. The van der Waals surface area contributed by atoms with Crippen molar-refractivity contribution in [2.75, 3.05) is 5.32 Å². The van der Waals surface area contributed by atoms with Crippen molar-refractivity contribution >= 4 is 28.3 Å². The standard InChI is InChI=1S/C24H26N2O2/c1-16(18-11-9-17(10-12-18)15-19-5-3-8-23(19)27)24(28)25-21-6-4-7-22-20(21)13-14-26(22)2/h4,6-7,9-14,16,19H,3,5,8,15H2,1-2H3,(H,25,28)/t16-,19-/m0/s1. The van der Waals surface area contributed by atoms with Crippen LogP contribution < -0.4 is 5.32 Å². The number of benzene rings is 2. The maximum absolute atomic E-state index is 12.8. The second-order valence-corrected chi connectivity index (χ2v) is 7.88. The Bertz CT molecular complexity index is 1020. The molecule has 0 spiro atoms. The number of Topliss-reactive ketones (excluding diaryl/α,β-unsaturated/α-hetero) is 1. The number of ketones is 1. The monoisotopic (exact) mass is 374 g/mol. The van der Waals surface area contributed by atoms with Gasteiger partial charge in [-0.25, -0.2) is 0 Å². The molecule has 0 unspecified atom stereocenters. The van der Waals surface area contributed by atoms with Crippen LogP contribution in [0.15, 0.2) is 54.7 Å². The Balaban J connectivity index is 1.45. The van der Waals surface area contributed by atoms with Gasteiger partial charge in [-0.1, -0.05) is 30.3 Å². The third-order valence-corrected chi connectivity index (χ3v) is 5.97. The molecule has 2 atom stereocenters. The topological polar surface area (TPSA) is 51.1 Å². The summed E-state index contributed by atoms with van der Waals surface area (Å²) in [5.74, 6) is 0.307. The molecular weight excluding hydrogens is 348 g/mol. The van der Waals surface area contributed by atoms with E-state index in [1.807, 2.05) is 61.1 Å². The maximum atomic E-state index is 12.8. The summed E-state index contributed by atoms with van der Waals surface area (Å²) in [4.78, 5) is 24.7. The number of nitrogens with zero attached hydrogens (tertiary/aromatic N) is 1. The van der Waals surface area contributed by atoms with Gasteiger partial charge in [0.15, 0.2) is 0 Å². The SMILES string of the molecule is C[C@H](C(=O)Nc1cccc2c1ccn2C)c1ccc(C[C@@H]2CCCC2=O)cc1. The van der Waals surface area contributed by atoms with Crippen LogP contribution in [0.2, 0.25) is 0 Å². The highest BCUT2D eigenvalue weighted by Gasteiger charge is 2.24. The Morgan fingerprint density at radius 2 is 1.96 bits per heavy atom. The Hall–Kier alpha value is -2.88. The number of aromatic nitrogens is 1. The van der Waals surface area contributed by atoms with Crippen molar-refractivity contribution in [2.24, 2.45) is 13.0 Å². The van der Waals surface area contributed by atoms with Crippen molar-refractivity contribution in [1.29, 1.82) is 0 Å². The minimum Gasteiger partial charge on any atom is -0.350 e. The number of carbonyl (C=O) groups excluding carboxylic acids is 2. The van der Waals surface area contributed by atoms with Crippen LogP contribution in [-0.2, 0) is 23.1 Å². The Kier molecular flexibility index (Phi) is 5.03. The lowest BCUT2D eigenvalue weighted by molar-refractivity contribution is -0.120. The minimum absolute atomic E-state index is 0.0185. The Morgan fingerprint density at radius 1 is 1.18 bits per heavy atom. The highest BCUT2D eigenvalue weighted by Crippen LogP contribution is 2.27. The van der Waals surface area contributed by atoms with Gasteiger partial charge >= 0.3 is 0 Å². The minimum atomic E-state index is -0.249. The number of amides is 1. The summed E-state index contributed by atoms with van der Waals surface area (Å²) < 4.78 is 2.04. The highest BCUT2D eigenvalue weighted by molar-refractivity contribution is 6.03. The van der Waals surface area contributed by atoms with E-state index >= 15 is 0 Å². The largest absolute Gasteiger partial charge is 0.350 e. The van der Waals surface area contributed by atoms with E-state index in [0.717, 1.165) is 47.8 Å². The number of hydrogen-bond acceptors (Lipinski definition) is 2. The van der Waals surface area contributed by atoms with E-state index in [1.165, 1.54) is 5.56 Å². The highest BCUT2D eigenvalue weighted by atomic mass is 16.2. The molecule has 0 saturated heterocycles. The molecule has 2 aromatic carbocycles. The first-order valence-corrected chi connectivity index (χ1v) is 9.99. The van der Waals surface area contributed by atoms with Crippen molar-refractivity contribution in [2.45, 2.75) is 38.5 Å². The first kappa shape index (κ1) is 18.5. The van der Waals surface area contributed by atoms with Crippen LogP contribution in [0, 0.1) is 5.92 Å². The van der Waals surface area contributed by atoms with E-state index in [1.54, 1.807) is 0 Å². The van der Waals surface area contributed by atoms with Crippen LogP contribution in [0.4, 0.5) is 5.69 Å². The van der Waals surface area contributed by atoms with Crippen molar-refractivity contribution in [3.05, 3.63) is 65.9 Å². The number of nitrogens with one attached hydrogen (secondary N) is 1. The van der Waals surface area contributed by atoms with E-state index in [4.69, 9.17) is 0 Å². The van der Waals surface area contributed by atoms with Crippen LogP contribution in [0.1, 0.15) is 43.2 Å². The van der Waals surface area contributed by atoms with Crippen molar-refractivity contribution in [1.82, 2.24) is 4.57 Å². The lowest BCUT2D eigenvalue weighted by atomic mass is 9.94. The zero-order valence-corrected chi connectivity index (χ0v) is 16.4. The zero-order valence-electron chi connectivity index (χ0n) is 16.4. The quantitative estimate of drug-likeness (QED) is 0.695. The summed E-state index contributed by atoms with van der Waals surface area (Å²) in [5.41, 5.74) is 4.09. The maximum Gasteiger partial charge on any atom is 0.231 e. The van der Waals surface area contributed by atoms with Gasteiger partial charge in [0.05, 0.1) is 11.6 Å². The molecule has 4 rings (SSSR count). The van der Waals surface area contributed by atoms with E-state index < -0.39 is 0 Å². The summed E-state index contributed by atoms with van der Waals surface area (Å²) in [5, 5.41) is 4.12. The molecule has 1 amide bonds. The van der Waals surface area contributed by atoms with Crippen molar-refractivity contribution < 1.29 is 9.59 Å². The second-order valence-electron chi connectivity index (χ2n) is 7.88. The van der Waals surface area contributed by atoms with Crippen molar-refractivity contribution in [3.8, 4) is 0 Å². The predicted octanol–water partition coefficient (Wildman–Crippen LogP) is 4.83. The van der Waals surface area contributed by atoms with Crippen LogP contribution in [-0.4, -0.2) is 16.3 Å². The smallest absolute Gasteiger partial charge is 0.231 e. The molecule has 1 heterocycles. The van der Waals surface area contributed by atoms with Gasteiger partial charge < -0.3 is 9.88 Å². The molecule has 0 bridgehead atoms.